The molecule has 0 saturated carbocycles. The van der Waals surface area contributed by atoms with E-state index in [1.54, 1.807) is 26.0 Å². The first-order chi connectivity index (χ1) is 9.67. The van der Waals surface area contributed by atoms with E-state index in [2.05, 4.69) is 4.72 Å². The molecule has 1 unspecified atom stereocenters. The van der Waals surface area contributed by atoms with Crippen LogP contribution in [0.2, 0.25) is 0 Å². The molecule has 1 rings (SSSR count). The number of carboxylic acids is 1. The Bertz CT molecular complexity index is 651. The molecule has 21 heavy (non-hydrogen) atoms. The number of hydrogen-bond acceptors (Lipinski definition) is 4. The molecule has 0 bridgehead atoms. The van der Waals surface area contributed by atoms with Gasteiger partial charge in [0.2, 0.25) is 10.0 Å². The molecule has 7 heteroatoms. The number of hydrogen-bond donors (Lipinski definition) is 2. The highest BCUT2D eigenvalue weighted by Crippen LogP contribution is 2.17. The van der Waals surface area contributed by atoms with Crippen molar-refractivity contribution in [2.45, 2.75) is 44.6 Å². The van der Waals surface area contributed by atoms with Gasteiger partial charge in [-0.05, 0) is 25.5 Å². The summed E-state index contributed by atoms with van der Waals surface area (Å²) in [7, 11) is -3.99. The highest BCUT2D eigenvalue weighted by Gasteiger charge is 2.27. The summed E-state index contributed by atoms with van der Waals surface area (Å²) in [5.41, 5.74) is 1.43. The Balaban J connectivity index is 3.06. The third-order valence-corrected chi connectivity index (χ3v) is 4.67. The smallest absolute Gasteiger partial charge is 0.322 e. The molecule has 0 aliphatic heterocycles. The minimum absolute atomic E-state index is 0.0169. The van der Waals surface area contributed by atoms with Crippen LogP contribution >= 0.6 is 0 Å². The highest BCUT2D eigenvalue weighted by atomic mass is 32.2. The second kappa shape index (κ2) is 6.82. The van der Waals surface area contributed by atoms with Crippen LogP contribution in [-0.4, -0.2) is 31.3 Å². The summed E-state index contributed by atoms with van der Waals surface area (Å²) < 4.78 is 26.6. The SMILES string of the molecule is CCC(=O)CC(NS(=O)(=O)c1ccc(C)cc1C)C(=O)O. The molecule has 1 atom stereocenters. The van der Waals surface area contributed by atoms with Gasteiger partial charge in [0, 0.05) is 12.8 Å². The lowest BCUT2D eigenvalue weighted by Crippen LogP contribution is -2.42. The molecule has 0 radical (unpaired) electrons. The molecule has 0 fully saturated rings. The number of ketones is 1. The average Bonchev–Trinajstić information content (AvgIpc) is 2.36. The van der Waals surface area contributed by atoms with E-state index in [0.29, 0.717) is 5.56 Å². The molecule has 0 heterocycles. The van der Waals surface area contributed by atoms with Crippen molar-refractivity contribution in [3.63, 3.8) is 0 Å². The molecule has 1 aromatic rings. The van der Waals surface area contributed by atoms with Gasteiger partial charge in [-0.2, -0.15) is 4.72 Å². The Labute approximate surface area is 124 Å². The fourth-order valence-electron chi connectivity index (χ4n) is 1.90. The number of rotatable bonds is 7. The summed E-state index contributed by atoms with van der Waals surface area (Å²) in [6.07, 6.45) is -0.203. The second-order valence-electron chi connectivity index (χ2n) is 4.88. The Hall–Kier alpha value is -1.73. The van der Waals surface area contributed by atoms with Crippen LogP contribution in [0.3, 0.4) is 0 Å². The molecule has 0 spiro atoms. The van der Waals surface area contributed by atoms with Crippen molar-refractivity contribution >= 4 is 21.8 Å². The van der Waals surface area contributed by atoms with Crippen LogP contribution in [0.15, 0.2) is 23.1 Å². The van der Waals surface area contributed by atoms with E-state index in [1.807, 2.05) is 6.92 Å². The number of aliphatic carboxylic acids is 1. The molecule has 0 aliphatic rings. The van der Waals surface area contributed by atoms with Crippen LogP contribution in [0.25, 0.3) is 0 Å². The van der Waals surface area contributed by atoms with Gasteiger partial charge >= 0.3 is 5.97 Å². The predicted octanol–water partition coefficient (Wildman–Crippen LogP) is 1.40. The highest BCUT2D eigenvalue weighted by molar-refractivity contribution is 7.89. The number of aryl methyl sites for hydroxylation is 2. The van der Waals surface area contributed by atoms with E-state index < -0.39 is 22.0 Å². The first-order valence-corrected chi connectivity index (χ1v) is 7.99. The normalized spacial score (nSPS) is 12.9. The number of carboxylic acid groups (broad SMARTS) is 1. The van der Waals surface area contributed by atoms with E-state index in [4.69, 9.17) is 5.11 Å². The summed E-state index contributed by atoms with van der Waals surface area (Å²) in [6, 6.07) is 3.30. The van der Waals surface area contributed by atoms with Crippen molar-refractivity contribution in [1.82, 2.24) is 4.72 Å². The Kier molecular flexibility index (Phi) is 5.62. The number of carbonyl (C=O) groups is 2. The van der Waals surface area contributed by atoms with Gasteiger partial charge in [0.15, 0.2) is 0 Å². The van der Waals surface area contributed by atoms with Crippen LogP contribution in [0.1, 0.15) is 30.9 Å². The number of benzene rings is 1. The van der Waals surface area contributed by atoms with Crippen molar-refractivity contribution in [2.24, 2.45) is 0 Å². The third-order valence-electron chi connectivity index (χ3n) is 3.04. The minimum Gasteiger partial charge on any atom is -0.480 e. The largest absolute Gasteiger partial charge is 0.480 e. The fraction of sp³-hybridized carbons (Fsp3) is 0.429. The van der Waals surface area contributed by atoms with Crippen molar-refractivity contribution in [2.75, 3.05) is 0 Å². The van der Waals surface area contributed by atoms with E-state index in [0.717, 1.165) is 5.56 Å². The Morgan fingerprint density at radius 1 is 1.29 bits per heavy atom. The van der Waals surface area contributed by atoms with Gasteiger partial charge in [-0.1, -0.05) is 24.6 Å². The molecule has 2 N–H and O–H groups in total. The van der Waals surface area contributed by atoms with Gasteiger partial charge in [-0.15, -0.1) is 0 Å². The molecule has 0 aliphatic carbocycles. The van der Waals surface area contributed by atoms with E-state index in [1.165, 1.54) is 6.07 Å². The summed E-state index contributed by atoms with van der Waals surface area (Å²) >= 11 is 0. The predicted molar refractivity (Wildman–Crippen MR) is 77.6 cm³/mol. The van der Waals surface area contributed by atoms with Gasteiger partial charge in [-0.3, -0.25) is 9.59 Å². The van der Waals surface area contributed by atoms with Gasteiger partial charge in [0.1, 0.15) is 11.8 Å². The minimum atomic E-state index is -3.99. The van der Waals surface area contributed by atoms with E-state index >= 15 is 0 Å². The quantitative estimate of drug-likeness (QED) is 0.792. The first-order valence-electron chi connectivity index (χ1n) is 6.51. The summed E-state index contributed by atoms with van der Waals surface area (Å²) in [4.78, 5) is 22.5. The van der Waals surface area contributed by atoms with Crippen molar-refractivity contribution < 1.29 is 23.1 Å². The van der Waals surface area contributed by atoms with Gasteiger partial charge < -0.3 is 5.11 Å². The standard InChI is InChI=1S/C14H19NO5S/c1-4-11(16)8-12(14(17)18)15-21(19,20)13-6-5-9(2)7-10(13)3/h5-7,12,15H,4,8H2,1-3H3,(H,17,18). The first kappa shape index (κ1) is 17.3. The molecule has 0 saturated heterocycles. The lowest BCUT2D eigenvalue weighted by Gasteiger charge is -2.15. The summed E-state index contributed by atoms with van der Waals surface area (Å²) in [5, 5.41) is 9.06. The maximum atomic E-state index is 12.3. The average molecular weight is 313 g/mol. The molecular weight excluding hydrogens is 294 g/mol. The molecular formula is C14H19NO5S. The zero-order valence-electron chi connectivity index (χ0n) is 12.2. The maximum absolute atomic E-state index is 12.3. The summed E-state index contributed by atoms with van der Waals surface area (Å²) in [6.45, 7) is 5.06. The number of carbonyl (C=O) groups excluding carboxylic acids is 1. The third kappa shape index (κ3) is 4.64. The summed E-state index contributed by atoms with van der Waals surface area (Å²) in [5.74, 6) is -1.68. The van der Waals surface area contributed by atoms with E-state index in [9.17, 15) is 18.0 Å². The van der Waals surface area contributed by atoms with Crippen molar-refractivity contribution in [3.8, 4) is 0 Å². The van der Waals surface area contributed by atoms with Crippen LogP contribution in [0, 0.1) is 13.8 Å². The van der Waals surface area contributed by atoms with Crippen LogP contribution in [-0.2, 0) is 19.6 Å². The zero-order valence-corrected chi connectivity index (χ0v) is 13.0. The Morgan fingerprint density at radius 3 is 2.38 bits per heavy atom. The van der Waals surface area contributed by atoms with Gasteiger partial charge in [0.25, 0.3) is 0 Å². The molecule has 6 nitrogen and oxygen atoms in total. The molecule has 0 amide bonds. The zero-order chi connectivity index (χ0) is 16.2. The van der Waals surface area contributed by atoms with Crippen molar-refractivity contribution in [3.05, 3.63) is 29.3 Å². The maximum Gasteiger partial charge on any atom is 0.322 e. The molecule has 1 aromatic carbocycles. The monoisotopic (exact) mass is 313 g/mol. The number of sulfonamides is 1. The van der Waals surface area contributed by atoms with Gasteiger partial charge in [0.05, 0.1) is 4.90 Å². The Morgan fingerprint density at radius 2 is 1.90 bits per heavy atom. The van der Waals surface area contributed by atoms with Crippen LogP contribution < -0.4 is 4.72 Å². The van der Waals surface area contributed by atoms with Crippen LogP contribution in [0.5, 0.6) is 0 Å². The lowest BCUT2D eigenvalue weighted by atomic mass is 10.1. The number of nitrogens with one attached hydrogen (secondary N) is 1. The second-order valence-corrected chi connectivity index (χ2v) is 6.56. The number of Topliss-reactive ketones (excluding diaryl/α,β-unsaturated/α-hetero) is 1. The molecule has 116 valence electrons. The van der Waals surface area contributed by atoms with Crippen LogP contribution in [0.4, 0.5) is 0 Å². The lowest BCUT2D eigenvalue weighted by molar-refractivity contribution is -0.140. The fourth-order valence-corrected chi connectivity index (χ4v) is 3.32. The van der Waals surface area contributed by atoms with E-state index in [-0.39, 0.29) is 23.5 Å². The molecule has 0 aromatic heterocycles. The van der Waals surface area contributed by atoms with Crippen molar-refractivity contribution in [1.29, 1.82) is 0 Å². The van der Waals surface area contributed by atoms with Gasteiger partial charge in [-0.25, -0.2) is 8.42 Å². The topological polar surface area (TPSA) is 101 Å².